The highest BCUT2D eigenvalue weighted by atomic mass is 19.1. The standard InChI is InChI=1S/C9H8F2N6/c10-5-2-7(6(11)1-4(5)3-12)16-9(15)17-8(13)14/h1-2H,(H6,13,14,15,16,17). The van der Waals surface area contributed by atoms with Crippen LogP contribution in [0.2, 0.25) is 0 Å². The summed E-state index contributed by atoms with van der Waals surface area (Å²) in [7, 11) is 0. The summed E-state index contributed by atoms with van der Waals surface area (Å²) >= 11 is 0. The van der Waals surface area contributed by atoms with Crippen molar-refractivity contribution in [3.8, 4) is 6.07 Å². The molecule has 6 nitrogen and oxygen atoms in total. The first kappa shape index (κ1) is 12.4. The molecule has 0 atom stereocenters. The van der Waals surface area contributed by atoms with Crippen LogP contribution in [0.15, 0.2) is 22.1 Å². The zero-order valence-electron chi connectivity index (χ0n) is 8.48. The Morgan fingerprint density at radius 2 is 1.82 bits per heavy atom. The summed E-state index contributed by atoms with van der Waals surface area (Å²) in [5, 5.41) is 8.46. The molecule has 0 unspecified atom stereocenters. The maximum Gasteiger partial charge on any atom is 0.223 e. The first-order valence-electron chi connectivity index (χ1n) is 4.27. The van der Waals surface area contributed by atoms with Crippen LogP contribution in [0.5, 0.6) is 0 Å². The summed E-state index contributed by atoms with van der Waals surface area (Å²) in [6.45, 7) is 0. The second kappa shape index (κ2) is 4.89. The van der Waals surface area contributed by atoms with Crippen LogP contribution in [-0.2, 0) is 0 Å². The minimum absolute atomic E-state index is 0.360. The monoisotopic (exact) mass is 238 g/mol. The van der Waals surface area contributed by atoms with Crippen LogP contribution in [-0.4, -0.2) is 11.9 Å². The summed E-state index contributed by atoms with van der Waals surface area (Å²) < 4.78 is 26.5. The van der Waals surface area contributed by atoms with Crippen molar-refractivity contribution < 1.29 is 8.78 Å². The van der Waals surface area contributed by atoms with Gasteiger partial charge in [-0.15, -0.1) is 0 Å². The fourth-order valence-electron chi connectivity index (χ4n) is 0.988. The van der Waals surface area contributed by atoms with E-state index in [1.807, 2.05) is 0 Å². The summed E-state index contributed by atoms with van der Waals surface area (Å²) in [4.78, 5) is 6.79. The van der Waals surface area contributed by atoms with E-state index in [0.717, 1.165) is 6.07 Å². The Morgan fingerprint density at radius 1 is 1.18 bits per heavy atom. The van der Waals surface area contributed by atoms with Gasteiger partial charge in [0.15, 0.2) is 5.96 Å². The zero-order chi connectivity index (χ0) is 13.0. The lowest BCUT2D eigenvalue weighted by Gasteiger charge is -2.00. The molecule has 17 heavy (non-hydrogen) atoms. The average molecular weight is 238 g/mol. The largest absolute Gasteiger partial charge is 0.370 e. The van der Waals surface area contributed by atoms with E-state index < -0.39 is 28.8 Å². The van der Waals surface area contributed by atoms with Crippen LogP contribution in [0.25, 0.3) is 0 Å². The van der Waals surface area contributed by atoms with E-state index in [2.05, 4.69) is 9.98 Å². The van der Waals surface area contributed by atoms with Gasteiger partial charge in [0, 0.05) is 6.07 Å². The molecule has 0 aromatic heterocycles. The second-order valence-corrected chi connectivity index (χ2v) is 2.90. The van der Waals surface area contributed by atoms with Crippen molar-refractivity contribution in [1.82, 2.24) is 0 Å². The third-order valence-corrected chi connectivity index (χ3v) is 1.64. The van der Waals surface area contributed by atoms with Gasteiger partial charge in [0.1, 0.15) is 23.4 Å². The molecule has 1 aromatic rings. The lowest BCUT2D eigenvalue weighted by Crippen LogP contribution is -2.26. The Hall–Kier alpha value is -2.69. The molecule has 0 aliphatic rings. The highest BCUT2D eigenvalue weighted by Crippen LogP contribution is 2.21. The van der Waals surface area contributed by atoms with Crippen molar-refractivity contribution >= 4 is 17.6 Å². The molecule has 1 aromatic carbocycles. The minimum atomic E-state index is -0.912. The van der Waals surface area contributed by atoms with Crippen molar-refractivity contribution in [3.63, 3.8) is 0 Å². The van der Waals surface area contributed by atoms with Gasteiger partial charge in [-0.1, -0.05) is 0 Å². The van der Waals surface area contributed by atoms with Gasteiger partial charge in [-0.3, -0.25) is 0 Å². The number of nitrogens with two attached hydrogens (primary N) is 3. The van der Waals surface area contributed by atoms with Gasteiger partial charge in [-0.2, -0.15) is 10.3 Å². The summed E-state index contributed by atoms with van der Waals surface area (Å²) in [6.07, 6.45) is 0. The van der Waals surface area contributed by atoms with Crippen LogP contribution in [0.3, 0.4) is 0 Å². The quantitative estimate of drug-likeness (QED) is 0.472. The maximum absolute atomic E-state index is 13.3. The van der Waals surface area contributed by atoms with Gasteiger partial charge >= 0.3 is 0 Å². The van der Waals surface area contributed by atoms with E-state index in [-0.39, 0.29) is 5.96 Å². The molecule has 0 amide bonds. The molecular formula is C9H8F2N6. The first-order chi connectivity index (χ1) is 7.93. The maximum atomic E-state index is 13.3. The smallest absolute Gasteiger partial charge is 0.223 e. The van der Waals surface area contributed by atoms with Crippen molar-refractivity contribution in [2.24, 2.45) is 27.2 Å². The predicted molar refractivity (Wildman–Crippen MR) is 58.2 cm³/mol. The van der Waals surface area contributed by atoms with Crippen LogP contribution < -0.4 is 17.2 Å². The molecule has 0 aliphatic heterocycles. The molecule has 0 bridgehead atoms. The third-order valence-electron chi connectivity index (χ3n) is 1.64. The molecule has 0 radical (unpaired) electrons. The van der Waals surface area contributed by atoms with Crippen LogP contribution >= 0.6 is 0 Å². The normalized spacial score (nSPS) is 10.8. The summed E-state index contributed by atoms with van der Waals surface area (Å²) in [6, 6.07) is 2.92. The Kier molecular flexibility index (Phi) is 3.56. The number of rotatable bonds is 1. The van der Waals surface area contributed by atoms with Crippen LogP contribution in [0, 0.1) is 23.0 Å². The zero-order valence-corrected chi connectivity index (χ0v) is 8.48. The highest BCUT2D eigenvalue weighted by molar-refractivity contribution is 5.93. The molecule has 8 heteroatoms. The number of hydrogen-bond acceptors (Lipinski definition) is 2. The number of nitrogens with zero attached hydrogens (tertiary/aromatic N) is 3. The lowest BCUT2D eigenvalue weighted by molar-refractivity contribution is 0.599. The highest BCUT2D eigenvalue weighted by Gasteiger charge is 2.09. The van der Waals surface area contributed by atoms with Gasteiger partial charge in [0.2, 0.25) is 5.96 Å². The van der Waals surface area contributed by atoms with Crippen molar-refractivity contribution in [1.29, 1.82) is 5.26 Å². The molecule has 0 fully saturated rings. The van der Waals surface area contributed by atoms with Gasteiger partial charge in [0.05, 0.1) is 5.56 Å². The molecule has 0 spiro atoms. The topological polar surface area (TPSA) is 127 Å². The molecule has 0 saturated carbocycles. The SMILES string of the molecule is N#Cc1cc(F)c(N=C(N)N=C(N)N)cc1F. The van der Waals surface area contributed by atoms with E-state index in [9.17, 15) is 8.78 Å². The van der Waals surface area contributed by atoms with Gasteiger partial charge in [-0.25, -0.2) is 13.8 Å². The second-order valence-electron chi connectivity index (χ2n) is 2.90. The lowest BCUT2D eigenvalue weighted by atomic mass is 10.2. The van der Waals surface area contributed by atoms with E-state index >= 15 is 0 Å². The Bertz CT molecular complexity index is 539. The van der Waals surface area contributed by atoms with E-state index in [0.29, 0.717) is 6.07 Å². The molecule has 1 rings (SSSR count). The fraction of sp³-hybridized carbons (Fsp3) is 0. The Morgan fingerprint density at radius 3 is 2.35 bits per heavy atom. The number of benzene rings is 1. The first-order valence-corrected chi connectivity index (χ1v) is 4.27. The summed E-state index contributed by atoms with van der Waals surface area (Å²) in [5.74, 6) is -2.60. The summed E-state index contributed by atoms with van der Waals surface area (Å²) in [5.41, 5.74) is 14.4. The fourth-order valence-corrected chi connectivity index (χ4v) is 0.988. The van der Waals surface area contributed by atoms with Gasteiger partial charge in [0.25, 0.3) is 0 Å². The van der Waals surface area contributed by atoms with Gasteiger partial charge < -0.3 is 17.2 Å². The van der Waals surface area contributed by atoms with Crippen molar-refractivity contribution in [3.05, 3.63) is 29.3 Å². The average Bonchev–Trinajstić information content (AvgIpc) is 2.21. The van der Waals surface area contributed by atoms with E-state index in [1.54, 1.807) is 0 Å². The number of hydrogen-bond donors (Lipinski definition) is 3. The molecule has 0 aliphatic carbocycles. The Labute approximate surface area is 95.1 Å². The molecule has 0 heterocycles. The van der Waals surface area contributed by atoms with Crippen LogP contribution in [0.4, 0.5) is 14.5 Å². The molecule has 88 valence electrons. The molecule has 6 N–H and O–H groups in total. The van der Waals surface area contributed by atoms with Crippen molar-refractivity contribution in [2.75, 3.05) is 0 Å². The van der Waals surface area contributed by atoms with Gasteiger partial charge in [-0.05, 0) is 6.07 Å². The van der Waals surface area contributed by atoms with Crippen molar-refractivity contribution in [2.45, 2.75) is 0 Å². The number of guanidine groups is 2. The van der Waals surface area contributed by atoms with Crippen LogP contribution in [0.1, 0.15) is 5.56 Å². The molecular weight excluding hydrogens is 230 g/mol. The number of halogens is 2. The minimum Gasteiger partial charge on any atom is -0.370 e. The number of nitriles is 1. The predicted octanol–water partition coefficient (Wildman–Crippen LogP) is 0.0561. The Balaban J connectivity index is 3.22. The van der Waals surface area contributed by atoms with E-state index in [4.69, 9.17) is 22.5 Å². The third kappa shape index (κ3) is 3.13. The molecule has 0 saturated heterocycles. The van der Waals surface area contributed by atoms with E-state index in [1.165, 1.54) is 6.07 Å². The number of aliphatic imine (C=N–C) groups is 2.